The van der Waals surface area contributed by atoms with E-state index in [9.17, 15) is 14.7 Å². The van der Waals surface area contributed by atoms with E-state index in [2.05, 4.69) is 18.5 Å². The Kier molecular flexibility index (Phi) is 11.0. The van der Waals surface area contributed by atoms with Gasteiger partial charge in [-0.15, -0.1) is 13.2 Å². The Bertz CT molecular complexity index is 765. The van der Waals surface area contributed by atoms with E-state index in [0.29, 0.717) is 24.9 Å². The van der Waals surface area contributed by atoms with E-state index in [1.54, 1.807) is 30.4 Å². The van der Waals surface area contributed by atoms with Gasteiger partial charge in [0.2, 0.25) is 0 Å². The van der Waals surface area contributed by atoms with Crippen LogP contribution in [0.4, 0.5) is 0 Å². The van der Waals surface area contributed by atoms with Crippen LogP contribution in [0.15, 0.2) is 67.8 Å². The van der Waals surface area contributed by atoms with Crippen LogP contribution < -0.4 is 14.8 Å². The lowest BCUT2D eigenvalue weighted by Crippen LogP contribution is -2.27. The number of carbonyl (C=O) groups excluding carboxylic acids is 2. The molecular formula is C23H29NO5. The predicted molar refractivity (Wildman–Crippen MR) is 114 cm³/mol. The zero-order valence-corrected chi connectivity index (χ0v) is 17.0. The summed E-state index contributed by atoms with van der Waals surface area (Å²) in [6.07, 6.45) is 9.26. The van der Waals surface area contributed by atoms with Crippen LogP contribution in [0.2, 0.25) is 0 Å². The number of hydrogen-bond acceptors (Lipinski definition) is 6. The minimum atomic E-state index is -0.816. The summed E-state index contributed by atoms with van der Waals surface area (Å²) in [7, 11) is 0. The molecule has 1 rings (SSSR count). The molecule has 6 nitrogen and oxygen atoms in total. The van der Waals surface area contributed by atoms with Crippen LogP contribution in [0, 0.1) is 0 Å². The molecule has 0 aliphatic rings. The van der Waals surface area contributed by atoms with Crippen molar-refractivity contribution in [3.63, 3.8) is 0 Å². The fraction of sp³-hybridized carbons (Fsp3) is 0.304. The standard InChI is InChI=1S/C23H29NO5/c1-5-7-9-11-22(26)28-20-14-13-18(19(25)16-24-17(3)4)15-21(20)29-23(27)12-10-8-6-2/h5-6,9-15,17,19,24-25H,1-2,7-8,16H2,3-4H3/b11-9+,12-10+. The smallest absolute Gasteiger partial charge is 0.335 e. The molecule has 0 spiro atoms. The summed E-state index contributed by atoms with van der Waals surface area (Å²) in [5, 5.41) is 13.5. The van der Waals surface area contributed by atoms with E-state index in [1.165, 1.54) is 24.3 Å². The van der Waals surface area contributed by atoms with Crippen molar-refractivity contribution < 1.29 is 24.2 Å². The average Bonchev–Trinajstić information content (AvgIpc) is 2.67. The maximum absolute atomic E-state index is 12.0. The van der Waals surface area contributed by atoms with Crippen LogP contribution in [0.1, 0.15) is 38.4 Å². The molecule has 1 aromatic carbocycles. The minimum Gasteiger partial charge on any atom is -0.419 e. The summed E-state index contributed by atoms with van der Waals surface area (Å²) >= 11 is 0. The highest BCUT2D eigenvalue weighted by molar-refractivity contribution is 5.86. The van der Waals surface area contributed by atoms with Gasteiger partial charge in [-0.3, -0.25) is 0 Å². The molecule has 0 heterocycles. The van der Waals surface area contributed by atoms with Crippen molar-refractivity contribution in [1.82, 2.24) is 5.32 Å². The summed E-state index contributed by atoms with van der Waals surface area (Å²) in [6, 6.07) is 4.80. The predicted octanol–water partition coefficient (Wildman–Crippen LogP) is 3.79. The van der Waals surface area contributed by atoms with Gasteiger partial charge in [0, 0.05) is 24.7 Å². The fourth-order valence-corrected chi connectivity index (χ4v) is 2.17. The first-order valence-electron chi connectivity index (χ1n) is 9.41. The van der Waals surface area contributed by atoms with Crippen molar-refractivity contribution in [3.8, 4) is 11.5 Å². The van der Waals surface area contributed by atoms with Gasteiger partial charge in [-0.25, -0.2) is 9.59 Å². The Morgan fingerprint density at radius 3 is 2.10 bits per heavy atom. The first kappa shape index (κ1) is 24.1. The number of allylic oxidation sites excluding steroid dienone is 4. The van der Waals surface area contributed by atoms with E-state index >= 15 is 0 Å². The van der Waals surface area contributed by atoms with E-state index < -0.39 is 18.0 Å². The maximum Gasteiger partial charge on any atom is 0.335 e. The van der Waals surface area contributed by atoms with E-state index in [4.69, 9.17) is 9.47 Å². The van der Waals surface area contributed by atoms with Gasteiger partial charge in [0.25, 0.3) is 0 Å². The lowest BCUT2D eigenvalue weighted by molar-refractivity contribution is -0.131. The molecule has 0 aliphatic heterocycles. The van der Waals surface area contributed by atoms with Crippen LogP contribution >= 0.6 is 0 Å². The number of nitrogens with one attached hydrogen (secondary N) is 1. The van der Waals surface area contributed by atoms with Crippen LogP contribution in [-0.2, 0) is 9.59 Å². The van der Waals surface area contributed by atoms with Gasteiger partial charge in [-0.2, -0.15) is 0 Å². The van der Waals surface area contributed by atoms with Crippen molar-refractivity contribution in [3.05, 3.63) is 73.4 Å². The molecule has 0 aliphatic carbocycles. The summed E-state index contributed by atoms with van der Waals surface area (Å²) in [5.41, 5.74) is 0.526. The Morgan fingerprint density at radius 1 is 1.03 bits per heavy atom. The Labute approximate surface area is 172 Å². The van der Waals surface area contributed by atoms with Crippen LogP contribution in [0.25, 0.3) is 0 Å². The Hall–Kier alpha value is -2.96. The third-order valence-electron chi connectivity index (χ3n) is 3.61. The Balaban J connectivity index is 3.05. The molecular weight excluding hydrogens is 370 g/mol. The number of ether oxygens (including phenoxy) is 2. The molecule has 1 atom stereocenters. The number of esters is 2. The number of carbonyl (C=O) groups is 2. The highest BCUT2D eigenvalue weighted by atomic mass is 16.6. The molecule has 0 amide bonds. The number of aliphatic hydroxyl groups excluding tert-OH is 1. The lowest BCUT2D eigenvalue weighted by atomic mass is 10.1. The third-order valence-corrected chi connectivity index (χ3v) is 3.61. The monoisotopic (exact) mass is 399 g/mol. The first-order chi connectivity index (χ1) is 13.9. The number of benzene rings is 1. The van der Waals surface area contributed by atoms with E-state index in [1.807, 2.05) is 13.8 Å². The van der Waals surface area contributed by atoms with Crippen LogP contribution in [0.5, 0.6) is 11.5 Å². The molecule has 0 fully saturated rings. The largest absolute Gasteiger partial charge is 0.419 e. The van der Waals surface area contributed by atoms with Crippen molar-refractivity contribution in [2.24, 2.45) is 0 Å². The first-order valence-corrected chi connectivity index (χ1v) is 9.41. The van der Waals surface area contributed by atoms with Crippen LogP contribution in [-0.4, -0.2) is 29.6 Å². The molecule has 0 saturated heterocycles. The van der Waals surface area contributed by atoms with Gasteiger partial charge in [0.15, 0.2) is 11.5 Å². The molecule has 6 heteroatoms. The summed E-state index contributed by atoms with van der Waals surface area (Å²) in [6.45, 7) is 11.4. The van der Waals surface area contributed by atoms with Gasteiger partial charge in [0.1, 0.15) is 0 Å². The number of aliphatic hydroxyl groups is 1. The van der Waals surface area contributed by atoms with E-state index in [-0.39, 0.29) is 17.5 Å². The second-order valence-electron chi connectivity index (χ2n) is 6.48. The van der Waals surface area contributed by atoms with Crippen molar-refractivity contribution in [2.45, 2.75) is 38.8 Å². The molecule has 156 valence electrons. The van der Waals surface area contributed by atoms with Gasteiger partial charge < -0.3 is 19.9 Å². The number of hydrogen-bond donors (Lipinski definition) is 2. The van der Waals surface area contributed by atoms with Gasteiger partial charge in [-0.05, 0) is 30.5 Å². The third kappa shape index (κ3) is 9.69. The fourth-order valence-electron chi connectivity index (χ4n) is 2.17. The van der Waals surface area contributed by atoms with Gasteiger partial charge in [0.05, 0.1) is 6.10 Å². The summed E-state index contributed by atoms with van der Waals surface area (Å²) in [4.78, 5) is 24.0. The highest BCUT2D eigenvalue weighted by Gasteiger charge is 2.16. The molecule has 2 N–H and O–H groups in total. The lowest BCUT2D eigenvalue weighted by Gasteiger charge is -2.16. The SMILES string of the molecule is C=CC/C=C/C(=O)Oc1ccc(C(O)CNC(C)C)cc1OC(=O)/C=C/CC=C. The maximum atomic E-state index is 12.0. The molecule has 1 aromatic rings. The van der Waals surface area contributed by atoms with Crippen molar-refractivity contribution in [2.75, 3.05) is 6.54 Å². The average molecular weight is 399 g/mol. The molecule has 0 bridgehead atoms. The summed E-state index contributed by atoms with van der Waals surface area (Å²) in [5.74, 6) is -1.11. The normalized spacial score (nSPS) is 12.3. The molecule has 0 radical (unpaired) electrons. The zero-order valence-electron chi connectivity index (χ0n) is 17.0. The Morgan fingerprint density at radius 2 is 1.59 bits per heavy atom. The van der Waals surface area contributed by atoms with Crippen molar-refractivity contribution in [1.29, 1.82) is 0 Å². The topological polar surface area (TPSA) is 84.9 Å². The molecule has 1 unspecified atom stereocenters. The zero-order chi connectivity index (χ0) is 21.6. The quantitative estimate of drug-likeness (QED) is 0.241. The second-order valence-corrected chi connectivity index (χ2v) is 6.48. The molecule has 0 aromatic heterocycles. The number of rotatable bonds is 12. The van der Waals surface area contributed by atoms with Crippen molar-refractivity contribution >= 4 is 11.9 Å². The van der Waals surface area contributed by atoms with Crippen LogP contribution in [0.3, 0.4) is 0 Å². The van der Waals surface area contributed by atoms with E-state index in [0.717, 1.165) is 0 Å². The molecule has 0 saturated carbocycles. The molecule has 29 heavy (non-hydrogen) atoms. The van der Waals surface area contributed by atoms with Gasteiger partial charge >= 0.3 is 11.9 Å². The second kappa shape index (κ2) is 13.3. The summed E-state index contributed by atoms with van der Waals surface area (Å²) < 4.78 is 10.6. The highest BCUT2D eigenvalue weighted by Crippen LogP contribution is 2.31. The van der Waals surface area contributed by atoms with Gasteiger partial charge in [-0.1, -0.05) is 44.2 Å². The minimum absolute atomic E-state index is 0.0461.